The third-order valence-corrected chi connectivity index (χ3v) is 7.17. The van der Waals surface area contributed by atoms with Crippen LogP contribution >= 0.6 is 0 Å². The van der Waals surface area contributed by atoms with Crippen LogP contribution in [0.25, 0.3) is 5.69 Å². The van der Waals surface area contributed by atoms with Gasteiger partial charge in [-0.25, -0.2) is 13.6 Å². The Hall–Kier alpha value is -2.78. The lowest BCUT2D eigenvalue weighted by Crippen LogP contribution is -2.47. The van der Waals surface area contributed by atoms with Crippen molar-refractivity contribution in [1.29, 1.82) is 0 Å². The predicted molar refractivity (Wildman–Crippen MR) is 129 cm³/mol. The van der Waals surface area contributed by atoms with Gasteiger partial charge in [0, 0.05) is 55.4 Å². The molecule has 1 aliphatic rings. The molecule has 3 aromatic rings. The normalized spacial score (nSPS) is 15.6. The van der Waals surface area contributed by atoms with E-state index >= 15 is 0 Å². The molecule has 1 saturated heterocycles. The molecule has 7 nitrogen and oxygen atoms in total. The topological polar surface area (TPSA) is 88.6 Å². The highest BCUT2D eigenvalue weighted by atomic mass is 32.2. The number of ketones is 1. The molecule has 1 aliphatic heterocycles. The fourth-order valence-electron chi connectivity index (χ4n) is 4.46. The zero-order valence-electron chi connectivity index (χ0n) is 19.1. The van der Waals surface area contributed by atoms with Crippen LogP contribution in [0, 0.1) is 13.8 Å². The van der Waals surface area contributed by atoms with Gasteiger partial charge < -0.3 is 4.57 Å². The fraction of sp³-hybridized carbons (Fsp3) is 0.320. The van der Waals surface area contributed by atoms with Gasteiger partial charge >= 0.3 is 0 Å². The minimum atomic E-state index is -3.74. The van der Waals surface area contributed by atoms with Gasteiger partial charge in [0.15, 0.2) is 5.78 Å². The lowest BCUT2D eigenvalue weighted by Gasteiger charge is -2.34. The Labute approximate surface area is 195 Å². The molecule has 0 amide bonds. The number of carbonyl (C=O) groups excluding carboxylic acids is 1. The molecule has 4 rings (SSSR count). The fourth-order valence-corrected chi connectivity index (χ4v) is 4.98. The van der Waals surface area contributed by atoms with Gasteiger partial charge in [-0.3, -0.25) is 14.6 Å². The smallest absolute Gasteiger partial charge is 0.238 e. The average Bonchev–Trinajstić information content (AvgIpc) is 3.09. The zero-order chi connectivity index (χ0) is 23.6. The van der Waals surface area contributed by atoms with E-state index in [1.54, 1.807) is 12.1 Å². The van der Waals surface area contributed by atoms with Crippen LogP contribution in [0.2, 0.25) is 0 Å². The predicted octanol–water partition coefficient (Wildman–Crippen LogP) is 2.74. The van der Waals surface area contributed by atoms with E-state index in [1.807, 2.05) is 30.5 Å². The number of nitrogens with zero attached hydrogens (tertiary/aromatic N) is 3. The van der Waals surface area contributed by atoms with Gasteiger partial charge in [0.25, 0.3) is 0 Å². The average molecular weight is 467 g/mol. The number of sulfonamides is 1. The number of rotatable bonds is 7. The minimum Gasteiger partial charge on any atom is -0.318 e. The van der Waals surface area contributed by atoms with Crippen molar-refractivity contribution in [3.63, 3.8) is 0 Å². The maximum absolute atomic E-state index is 13.1. The molecule has 1 fully saturated rings. The summed E-state index contributed by atoms with van der Waals surface area (Å²) < 4.78 is 25.0. The maximum Gasteiger partial charge on any atom is 0.238 e. The lowest BCUT2D eigenvalue weighted by atomic mass is 10.1. The van der Waals surface area contributed by atoms with Gasteiger partial charge in [-0.1, -0.05) is 30.3 Å². The first-order valence-electron chi connectivity index (χ1n) is 11.1. The van der Waals surface area contributed by atoms with Gasteiger partial charge in [0.05, 0.1) is 11.4 Å². The van der Waals surface area contributed by atoms with Crippen molar-refractivity contribution in [2.75, 3.05) is 32.7 Å². The van der Waals surface area contributed by atoms with E-state index in [1.165, 1.54) is 17.7 Å². The van der Waals surface area contributed by atoms with Gasteiger partial charge in [-0.05, 0) is 49.7 Å². The molecule has 0 atom stereocenters. The number of Topliss-reactive ketones (excluding diaryl/α,β-unsaturated/α-hetero) is 1. The monoisotopic (exact) mass is 466 g/mol. The molecule has 0 spiro atoms. The van der Waals surface area contributed by atoms with Crippen molar-refractivity contribution in [2.24, 2.45) is 5.14 Å². The Morgan fingerprint density at radius 1 is 0.909 bits per heavy atom. The molecule has 0 saturated carbocycles. The summed E-state index contributed by atoms with van der Waals surface area (Å²) in [5, 5.41) is 5.20. The van der Waals surface area contributed by atoms with Crippen LogP contribution in [0.1, 0.15) is 27.3 Å². The summed E-state index contributed by atoms with van der Waals surface area (Å²) in [7, 11) is -3.74. The van der Waals surface area contributed by atoms with Crippen molar-refractivity contribution in [3.8, 4) is 5.69 Å². The number of nitrogens with two attached hydrogens (primary N) is 1. The van der Waals surface area contributed by atoms with E-state index in [4.69, 9.17) is 5.14 Å². The molecule has 174 valence electrons. The number of hydrogen-bond donors (Lipinski definition) is 1. The number of aromatic nitrogens is 1. The molecule has 0 unspecified atom stereocenters. The molecule has 2 heterocycles. The van der Waals surface area contributed by atoms with E-state index in [0.717, 1.165) is 49.8 Å². The number of aryl methyl sites for hydroxylation is 1. The highest BCUT2D eigenvalue weighted by molar-refractivity contribution is 7.89. The van der Waals surface area contributed by atoms with Crippen molar-refractivity contribution in [2.45, 2.75) is 25.3 Å². The van der Waals surface area contributed by atoms with Crippen LogP contribution in [-0.2, 0) is 16.6 Å². The Morgan fingerprint density at radius 2 is 1.52 bits per heavy atom. The number of benzene rings is 2. The molecular formula is C25H30N4O3S. The third-order valence-electron chi connectivity index (χ3n) is 6.24. The van der Waals surface area contributed by atoms with E-state index < -0.39 is 10.0 Å². The molecular weight excluding hydrogens is 436 g/mol. The lowest BCUT2D eigenvalue weighted by molar-refractivity contribution is 0.0843. The second-order valence-corrected chi connectivity index (χ2v) is 10.2. The highest BCUT2D eigenvalue weighted by Gasteiger charge is 2.22. The van der Waals surface area contributed by atoms with Crippen LogP contribution in [-0.4, -0.2) is 61.3 Å². The highest BCUT2D eigenvalue weighted by Crippen LogP contribution is 2.23. The summed E-state index contributed by atoms with van der Waals surface area (Å²) in [6.07, 6.45) is 0. The number of carbonyl (C=O) groups is 1. The van der Waals surface area contributed by atoms with E-state index in [2.05, 4.69) is 34.1 Å². The SMILES string of the molecule is Cc1cc(C(=O)CN2CCN(Cc3ccccc3)CC2)c(C)n1-c1ccc(S(N)(=O)=O)cc1. The number of piperazine rings is 1. The largest absolute Gasteiger partial charge is 0.318 e. The summed E-state index contributed by atoms with van der Waals surface area (Å²) >= 11 is 0. The van der Waals surface area contributed by atoms with Crippen molar-refractivity contribution < 1.29 is 13.2 Å². The van der Waals surface area contributed by atoms with Crippen LogP contribution in [0.4, 0.5) is 0 Å². The van der Waals surface area contributed by atoms with Gasteiger partial charge in [-0.2, -0.15) is 0 Å². The first kappa shape index (κ1) is 23.4. The van der Waals surface area contributed by atoms with Crippen molar-refractivity contribution >= 4 is 15.8 Å². The Kier molecular flexibility index (Phi) is 6.81. The number of hydrogen-bond acceptors (Lipinski definition) is 5. The van der Waals surface area contributed by atoms with E-state index in [-0.39, 0.29) is 10.7 Å². The molecule has 8 heteroatoms. The maximum atomic E-state index is 13.1. The van der Waals surface area contributed by atoms with Crippen molar-refractivity contribution in [1.82, 2.24) is 14.4 Å². The molecule has 1 aromatic heterocycles. The molecule has 0 aliphatic carbocycles. The van der Waals surface area contributed by atoms with E-state index in [9.17, 15) is 13.2 Å². The summed E-state index contributed by atoms with van der Waals surface area (Å²) in [5.41, 5.74) is 4.59. The van der Waals surface area contributed by atoms with Crippen LogP contribution in [0.15, 0.2) is 65.6 Å². The van der Waals surface area contributed by atoms with Crippen LogP contribution in [0.3, 0.4) is 0 Å². The Bertz CT molecular complexity index is 1230. The second kappa shape index (κ2) is 9.61. The van der Waals surface area contributed by atoms with Gasteiger partial charge in [0.1, 0.15) is 0 Å². The first-order chi connectivity index (χ1) is 15.7. The van der Waals surface area contributed by atoms with Crippen LogP contribution in [0.5, 0.6) is 0 Å². The Morgan fingerprint density at radius 3 is 2.12 bits per heavy atom. The molecule has 2 aromatic carbocycles. The molecule has 33 heavy (non-hydrogen) atoms. The standard InChI is InChI=1S/C25H30N4O3S/c1-19-16-24(20(2)29(19)22-8-10-23(11-9-22)33(26,31)32)25(30)18-28-14-12-27(13-15-28)17-21-6-4-3-5-7-21/h3-11,16H,12-15,17-18H2,1-2H3,(H2,26,31,32). The van der Waals surface area contributed by atoms with Crippen molar-refractivity contribution in [3.05, 3.63) is 83.2 Å². The minimum absolute atomic E-state index is 0.0661. The molecule has 0 bridgehead atoms. The third kappa shape index (κ3) is 5.42. The van der Waals surface area contributed by atoms with Crippen LogP contribution < -0.4 is 5.14 Å². The van der Waals surface area contributed by atoms with E-state index in [0.29, 0.717) is 12.1 Å². The molecule has 0 radical (unpaired) electrons. The summed E-state index contributed by atoms with van der Waals surface area (Å²) in [5.74, 6) is 0.104. The summed E-state index contributed by atoms with van der Waals surface area (Å²) in [6.45, 7) is 8.82. The second-order valence-electron chi connectivity index (χ2n) is 8.62. The van der Waals surface area contributed by atoms with Gasteiger partial charge in [-0.15, -0.1) is 0 Å². The summed E-state index contributed by atoms with van der Waals surface area (Å²) in [6, 6.07) is 18.8. The Balaban J connectivity index is 1.40. The zero-order valence-corrected chi connectivity index (χ0v) is 19.9. The summed E-state index contributed by atoms with van der Waals surface area (Å²) in [4.78, 5) is 17.8. The first-order valence-corrected chi connectivity index (χ1v) is 12.6. The quantitative estimate of drug-likeness (QED) is 0.541. The number of primary sulfonamides is 1. The van der Waals surface area contributed by atoms with Gasteiger partial charge in [0.2, 0.25) is 10.0 Å². The molecule has 2 N–H and O–H groups in total.